The first-order chi connectivity index (χ1) is 8.97. The molecule has 1 amide bonds. The van der Waals surface area contributed by atoms with Crippen molar-refractivity contribution in [2.45, 2.75) is 6.92 Å². The molecule has 0 heterocycles. The first kappa shape index (κ1) is 13.7. The summed E-state index contributed by atoms with van der Waals surface area (Å²) in [6, 6.07) is 10.1. The van der Waals surface area contributed by atoms with Crippen LogP contribution >= 0.6 is 23.2 Å². The average Bonchev–Trinajstić information content (AvgIpc) is 2.36. The van der Waals surface area contributed by atoms with Crippen molar-refractivity contribution in [2.75, 3.05) is 5.32 Å². The molecule has 0 saturated carbocycles. The Hall–Kier alpha value is -1.71. The fraction of sp³-hybridized carbons (Fsp3) is 0.0714. The van der Waals surface area contributed by atoms with E-state index >= 15 is 0 Å². The van der Waals surface area contributed by atoms with Gasteiger partial charge in [-0.25, -0.2) is 0 Å². The molecule has 3 nitrogen and oxygen atoms in total. The minimum absolute atomic E-state index is 0.0899. The number of nitrogens with one attached hydrogen (secondary N) is 1. The third-order valence-electron chi connectivity index (χ3n) is 2.56. The van der Waals surface area contributed by atoms with Gasteiger partial charge in [-0.2, -0.15) is 0 Å². The smallest absolute Gasteiger partial charge is 0.255 e. The SMILES string of the molecule is Cc1cccc(C(=O)Nc2cc(Cl)c(O)c(Cl)c2)c1. The van der Waals surface area contributed by atoms with E-state index < -0.39 is 0 Å². The van der Waals surface area contributed by atoms with Gasteiger partial charge in [0.1, 0.15) is 0 Å². The molecule has 2 aromatic carbocycles. The van der Waals surface area contributed by atoms with Crippen LogP contribution in [0.1, 0.15) is 15.9 Å². The second-order valence-electron chi connectivity index (χ2n) is 4.11. The molecule has 5 heteroatoms. The lowest BCUT2D eigenvalue weighted by Gasteiger charge is -2.08. The molecule has 0 bridgehead atoms. The van der Waals surface area contributed by atoms with Crippen LogP contribution in [0, 0.1) is 6.92 Å². The fourth-order valence-corrected chi connectivity index (χ4v) is 2.11. The lowest BCUT2D eigenvalue weighted by molar-refractivity contribution is 0.102. The number of phenolic OH excluding ortho intramolecular Hbond substituents is 1. The fourth-order valence-electron chi connectivity index (χ4n) is 1.63. The van der Waals surface area contributed by atoms with Crippen LogP contribution in [0.25, 0.3) is 0 Å². The Balaban J connectivity index is 2.24. The summed E-state index contributed by atoms with van der Waals surface area (Å²) in [7, 11) is 0. The zero-order valence-electron chi connectivity index (χ0n) is 10.1. The third-order valence-corrected chi connectivity index (χ3v) is 3.13. The monoisotopic (exact) mass is 295 g/mol. The Kier molecular flexibility index (Phi) is 3.98. The van der Waals surface area contributed by atoms with Gasteiger partial charge in [-0.1, -0.05) is 40.9 Å². The highest BCUT2D eigenvalue weighted by molar-refractivity contribution is 6.37. The highest BCUT2D eigenvalue weighted by Crippen LogP contribution is 2.34. The number of phenols is 1. The van der Waals surface area contributed by atoms with Crippen molar-refractivity contribution in [3.8, 4) is 5.75 Å². The molecule has 19 heavy (non-hydrogen) atoms. The molecule has 98 valence electrons. The maximum atomic E-state index is 12.0. The quantitative estimate of drug-likeness (QED) is 0.813. The van der Waals surface area contributed by atoms with Crippen molar-refractivity contribution in [3.05, 3.63) is 57.6 Å². The van der Waals surface area contributed by atoms with E-state index in [0.717, 1.165) is 5.56 Å². The normalized spacial score (nSPS) is 10.3. The van der Waals surface area contributed by atoms with E-state index in [1.807, 2.05) is 13.0 Å². The average molecular weight is 296 g/mol. The molecular formula is C14H11Cl2NO2. The number of carbonyl (C=O) groups excluding carboxylic acids is 1. The Labute approximate surface area is 120 Å². The van der Waals surface area contributed by atoms with E-state index in [4.69, 9.17) is 23.2 Å². The molecule has 0 radical (unpaired) electrons. The van der Waals surface area contributed by atoms with Gasteiger partial charge in [-0.15, -0.1) is 0 Å². The van der Waals surface area contributed by atoms with Gasteiger partial charge in [0.05, 0.1) is 10.0 Å². The Morgan fingerprint density at radius 1 is 1.16 bits per heavy atom. The van der Waals surface area contributed by atoms with Crippen LogP contribution in [0.15, 0.2) is 36.4 Å². The molecule has 0 atom stereocenters. The van der Waals surface area contributed by atoms with Crippen molar-refractivity contribution in [3.63, 3.8) is 0 Å². The van der Waals surface area contributed by atoms with Crippen LogP contribution in [0.5, 0.6) is 5.75 Å². The highest BCUT2D eigenvalue weighted by Gasteiger charge is 2.10. The number of hydrogen-bond acceptors (Lipinski definition) is 2. The van der Waals surface area contributed by atoms with Gasteiger partial charge in [0.2, 0.25) is 0 Å². The Morgan fingerprint density at radius 2 is 1.79 bits per heavy atom. The van der Waals surface area contributed by atoms with E-state index in [1.165, 1.54) is 12.1 Å². The Morgan fingerprint density at radius 3 is 2.37 bits per heavy atom. The molecule has 0 aliphatic rings. The summed E-state index contributed by atoms with van der Waals surface area (Å²) >= 11 is 11.6. The molecule has 0 fully saturated rings. The van der Waals surface area contributed by atoms with E-state index in [2.05, 4.69) is 5.32 Å². The maximum Gasteiger partial charge on any atom is 0.255 e. The number of aryl methyl sites for hydroxylation is 1. The Bertz CT molecular complexity index is 618. The molecular weight excluding hydrogens is 285 g/mol. The molecule has 2 N–H and O–H groups in total. The summed E-state index contributed by atoms with van der Waals surface area (Å²) in [4.78, 5) is 12.0. The summed E-state index contributed by atoms with van der Waals surface area (Å²) in [6.07, 6.45) is 0. The molecule has 0 aliphatic heterocycles. The van der Waals surface area contributed by atoms with E-state index in [-0.39, 0.29) is 21.7 Å². The van der Waals surface area contributed by atoms with Crippen LogP contribution < -0.4 is 5.32 Å². The standard InChI is InChI=1S/C14H11Cl2NO2/c1-8-3-2-4-9(5-8)14(19)17-10-6-11(15)13(18)12(16)7-10/h2-7,18H,1H3,(H,17,19). The number of carbonyl (C=O) groups is 1. The summed E-state index contributed by atoms with van der Waals surface area (Å²) in [5, 5.41) is 12.3. The van der Waals surface area contributed by atoms with E-state index in [0.29, 0.717) is 11.3 Å². The van der Waals surface area contributed by atoms with Crippen LogP contribution in [0.4, 0.5) is 5.69 Å². The van der Waals surface area contributed by atoms with Crippen molar-refractivity contribution >= 4 is 34.8 Å². The predicted molar refractivity (Wildman–Crippen MR) is 77.3 cm³/mol. The molecule has 0 aliphatic carbocycles. The summed E-state index contributed by atoms with van der Waals surface area (Å²) in [5.41, 5.74) is 1.97. The van der Waals surface area contributed by atoms with Crippen molar-refractivity contribution < 1.29 is 9.90 Å². The third kappa shape index (κ3) is 3.19. The van der Waals surface area contributed by atoms with Gasteiger partial charge in [0.15, 0.2) is 5.75 Å². The van der Waals surface area contributed by atoms with Crippen LogP contribution in [-0.4, -0.2) is 11.0 Å². The molecule has 0 saturated heterocycles. The van der Waals surface area contributed by atoms with E-state index in [9.17, 15) is 9.90 Å². The molecule has 0 unspecified atom stereocenters. The lowest BCUT2D eigenvalue weighted by atomic mass is 10.1. The number of rotatable bonds is 2. The summed E-state index contributed by atoms with van der Waals surface area (Å²) in [5.74, 6) is -0.460. The number of anilines is 1. The first-order valence-corrected chi connectivity index (χ1v) is 6.29. The zero-order chi connectivity index (χ0) is 14.0. The zero-order valence-corrected chi connectivity index (χ0v) is 11.6. The van der Waals surface area contributed by atoms with E-state index in [1.54, 1.807) is 18.2 Å². The van der Waals surface area contributed by atoms with Crippen LogP contribution in [-0.2, 0) is 0 Å². The van der Waals surface area contributed by atoms with Crippen LogP contribution in [0.2, 0.25) is 10.0 Å². The highest BCUT2D eigenvalue weighted by atomic mass is 35.5. The van der Waals surface area contributed by atoms with Gasteiger partial charge in [0.25, 0.3) is 5.91 Å². The predicted octanol–water partition coefficient (Wildman–Crippen LogP) is 4.26. The number of benzene rings is 2. The molecule has 2 aromatic rings. The van der Waals surface area contributed by atoms with Gasteiger partial charge >= 0.3 is 0 Å². The molecule has 2 rings (SSSR count). The van der Waals surface area contributed by atoms with Gasteiger partial charge in [-0.3, -0.25) is 4.79 Å². The van der Waals surface area contributed by atoms with Crippen molar-refractivity contribution in [1.29, 1.82) is 0 Å². The second kappa shape index (κ2) is 5.51. The number of aromatic hydroxyl groups is 1. The minimum Gasteiger partial charge on any atom is -0.505 e. The topological polar surface area (TPSA) is 49.3 Å². The molecule has 0 spiro atoms. The first-order valence-electron chi connectivity index (χ1n) is 5.53. The number of amides is 1. The van der Waals surface area contributed by atoms with Crippen molar-refractivity contribution in [1.82, 2.24) is 0 Å². The largest absolute Gasteiger partial charge is 0.505 e. The maximum absolute atomic E-state index is 12.0. The summed E-state index contributed by atoms with van der Waals surface area (Å²) in [6.45, 7) is 1.91. The van der Waals surface area contributed by atoms with Gasteiger partial charge in [0, 0.05) is 11.3 Å². The van der Waals surface area contributed by atoms with Crippen molar-refractivity contribution in [2.24, 2.45) is 0 Å². The van der Waals surface area contributed by atoms with Crippen LogP contribution in [0.3, 0.4) is 0 Å². The van der Waals surface area contributed by atoms with Gasteiger partial charge in [-0.05, 0) is 31.2 Å². The van der Waals surface area contributed by atoms with Gasteiger partial charge < -0.3 is 10.4 Å². The second-order valence-corrected chi connectivity index (χ2v) is 4.93. The number of halogens is 2. The lowest BCUT2D eigenvalue weighted by Crippen LogP contribution is -2.11. The summed E-state index contributed by atoms with van der Waals surface area (Å²) < 4.78 is 0. The molecule has 0 aromatic heterocycles. The number of hydrogen-bond donors (Lipinski definition) is 2. The minimum atomic E-state index is -0.262.